The smallest absolute Gasteiger partial charge is 0.419 e. The number of aryl methyl sites for hydroxylation is 1. The van der Waals surface area contributed by atoms with Crippen molar-refractivity contribution in [3.63, 3.8) is 0 Å². The van der Waals surface area contributed by atoms with Gasteiger partial charge in [0, 0.05) is 12.1 Å². The van der Waals surface area contributed by atoms with E-state index >= 15 is 0 Å². The standard InChI is InChI=1S/C14H15NO5/c1-3-19-13(17)6-7-15-11-5-4-10(9(2)16)8-12(11)20-14(15)18/h4-5,8H,3,6-7H2,1-2H3. The number of carbonyl (C=O) groups is 2. The van der Waals surface area contributed by atoms with Crippen LogP contribution in [-0.2, 0) is 16.1 Å². The Morgan fingerprint density at radius 1 is 1.35 bits per heavy atom. The van der Waals surface area contributed by atoms with Gasteiger partial charge < -0.3 is 9.15 Å². The average Bonchev–Trinajstić information content (AvgIpc) is 2.71. The summed E-state index contributed by atoms with van der Waals surface area (Å²) in [5.74, 6) is -1.02. The molecule has 2 aromatic rings. The Labute approximate surface area is 114 Å². The van der Waals surface area contributed by atoms with Gasteiger partial charge in [-0.25, -0.2) is 4.79 Å². The molecule has 0 unspecified atom stereocenters. The van der Waals surface area contributed by atoms with Gasteiger partial charge in [0.1, 0.15) is 0 Å². The third kappa shape index (κ3) is 2.79. The van der Waals surface area contributed by atoms with E-state index in [2.05, 4.69) is 0 Å². The highest BCUT2D eigenvalue weighted by Crippen LogP contribution is 2.16. The largest absolute Gasteiger partial charge is 0.466 e. The fourth-order valence-electron chi connectivity index (χ4n) is 1.93. The summed E-state index contributed by atoms with van der Waals surface area (Å²) in [5, 5.41) is 0. The highest BCUT2D eigenvalue weighted by atomic mass is 16.5. The topological polar surface area (TPSA) is 78.5 Å². The quantitative estimate of drug-likeness (QED) is 0.614. The van der Waals surface area contributed by atoms with Gasteiger partial charge in [-0.15, -0.1) is 0 Å². The number of esters is 1. The maximum Gasteiger partial charge on any atom is 0.419 e. The number of Topliss-reactive ketones (excluding diaryl/α,β-unsaturated/α-hetero) is 1. The number of hydrogen-bond acceptors (Lipinski definition) is 5. The fourth-order valence-corrected chi connectivity index (χ4v) is 1.93. The molecule has 0 radical (unpaired) electrons. The van der Waals surface area contributed by atoms with E-state index in [-0.39, 0.29) is 24.7 Å². The van der Waals surface area contributed by atoms with E-state index in [4.69, 9.17) is 9.15 Å². The van der Waals surface area contributed by atoms with E-state index in [1.165, 1.54) is 17.6 Å². The van der Waals surface area contributed by atoms with Crippen molar-refractivity contribution in [3.8, 4) is 0 Å². The fraction of sp³-hybridized carbons (Fsp3) is 0.357. The van der Waals surface area contributed by atoms with Crippen molar-refractivity contribution in [2.45, 2.75) is 26.8 Å². The Morgan fingerprint density at radius 3 is 2.75 bits per heavy atom. The van der Waals surface area contributed by atoms with E-state index in [0.29, 0.717) is 23.3 Å². The zero-order valence-electron chi connectivity index (χ0n) is 11.3. The third-order valence-electron chi connectivity index (χ3n) is 2.92. The normalized spacial score (nSPS) is 10.7. The van der Waals surface area contributed by atoms with E-state index in [1.54, 1.807) is 19.1 Å². The molecule has 106 valence electrons. The van der Waals surface area contributed by atoms with Crippen LogP contribution in [0.15, 0.2) is 27.4 Å². The van der Waals surface area contributed by atoms with Crippen LogP contribution in [0.1, 0.15) is 30.6 Å². The molecule has 0 N–H and O–H groups in total. The molecule has 0 amide bonds. The van der Waals surface area contributed by atoms with E-state index in [9.17, 15) is 14.4 Å². The Balaban J connectivity index is 2.30. The number of benzene rings is 1. The van der Waals surface area contributed by atoms with Gasteiger partial charge in [-0.05, 0) is 32.0 Å². The highest BCUT2D eigenvalue weighted by molar-refractivity contribution is 5.96. The molecule has 0 saturated carbocycles. The van der Waals surface area contributed by atoms with E-state index in [0.717, 1.165) is 0 Å². The summed E-state index contributed by atoms with van der Waals surface area (Å²) < 4.78 is 11.3. The monoisotopic (exact) mass is 277 g/mol. The minimum atomic E-state index is -0.551. The van der Waals surface area contributed by atoms with Crippen molar-refractivity contribution >= 4 is 22.9 Å². The van der Waals surface area contributed by atoms with Crippen molar-refractivity contribution in [2.24, 2.45) is 0 Å². The Hall–Kier alpha value is -2.37. The third-order valence-corrected chi connectivity index (χ3v) is 2.92. The molecule has 20 heavy (non-hydrogen) atoms. The summed E-state index contributed by atoms with van der Waals surface area (Å²) in [6.07, 6.45) is 0.0941. The van der Waals surface area contributed by atoms with Crippen LogP contribution in [0.25, 0.3) is 11.1 Å². The molecule has 0 aliphatic heterocycles. The lowest BCUT2D eigenvalue weighted by atomic mass is 10.1. The van der Waals surface area contributed by atoms with Gasteiger partial charge in [0.25, 0.3) is 0 Å². The number of carbonyl (C=O) groups excluding carboxylic acids is 2. The number of hydrogen-bond donors (Lipinski definition) is 0. The van der Waals surface area contributed by atoms with Gasteiger partial charge in [-0.3, -0.25) is 14.2 Å². The summed E-state index contributed by atoms with van der Waals surface area (Å²) in [4.78, 5) is 34.3. The van der Waals surface area contributed by atoms with Crippen LogP contribution < -0.4 is 5.76 Å². The minimum Gasteiger partial charge on any atom is -0.466 e. The molecule has 6 nitrogen and oxygen atoms in total. The first-order valence-corrected chi connectivity index (χ1v) is 6.33. The van der Waals surface area contributed by atoms with Crippen LogP contribution in [0.2, 0.25) is 0 Å². The molecule has 0 bridgehead atoms. The van der Waals surface area contributed by atoms with Crippen molar-refractivity contribution in [3.05, 3.63) is 34.3 Å². The van der Waals surface area contributed by atoms with Crippen molar-refractivity contribution in [1.29, 1.82) is 0 Å². The number of aromatic nitrogens is 1. The number of ether oxygens (including phenoxy) is 1. The second kappa shape index (κ2) is 5.73. The molecule has 0 saturated heterocycles. The van der Waals surface area contributed by atoms with Gasteiger partial charge in [0.05, 0.1) is 18.5 Å². The maximum absolute atomic E-state index is 11.7. The van der Waals surface area contributed by atoms with Gasteiger partial charge in [0.2, 0.25) is 0 Å². The van der Waals surface area contributed by atoms with Gasteiger partial charge in [-0.1, -0.05) is 0 Å². The zero-order chi connectivity index (χ0) is 14.7. The molecule has 2 rings (SSSR count). The van der Waals surface area contributed by atoms with Crippen LogP contribution in [-0.4, -0.2) is 22.9 Å². The number of fused-ring (bicyclic) bond motifs is 1. The molecule has 0 spiro atoms. The predicted octanol–water partition coefficient (Wildman–Crippen LogP) is 1.75. The molecule has 0 aliphatic carbocycles. The summed E-state index contributed by atoms with van der Waals surface area (Å²) in [7, 11) is 0. The maximum atomic E-state index is 11.7. The summed E-state index contributed by atoms with van der Waals surface area (Å²) >= 11 is 0. The summed E-state index contributed by atoms with van der Waals surface area (Å²) in [6.45, 7) is 3.66. The van der Waals surface area contributed by atoms with Crippen LogP contribution in [0.5, 0.6) is 0 Å². The lowest BCUT2D eigenvalue weighted by Crippen LogP contribution is -2.17. The summed E-state index contributed by atoms with van der Waals surface area (Å²) in [6, 6.07) is 4.79. The zero-order valence-corrected chi connectivity index (χ0v) is 11.3. The van der Waals surface area contributed by atoms with Crippen LogP contribution >= 0.6 is 0 Å². The highest BCUT2D eigenvalue weighted by Gasteiger charge is 2.12. The molecular formula is C14H15NO5. The van der Waals surface area contributed by atoms with Gasteiger partial charge in [-0.2, -0.15) is 0 Å². The van der Waals surface area contributed by atoms with Crippen molar-refractivity contribution in [1.82, 2.24) is 4.57 Å². The molecule has 6 heteroatoms. The molecule has 0 aliphatic rings. The van der Waals surface area contributed by atoms with E-state index < -0.39 is 5.76 Å². The van der Waals surface area contributed by atoms with Crippen LogP contribution in [0, 0.1) is 0 Å². The molecule has 0 atom stereocenters. The number of rotatable bonds is 5. The van der Waals surface area contributed by atoms with Crippen LogP contribution in [0.3, 0.4) is 0 Å². The second-order valence-corrected chi connectivity index (χ2v) is 4.31. The Morgan fingerprint density at radius 2 is 2.10 bits per heavy atom. The van der Waals surface area contributed by atoms with Gasteiger partial charge >= 0.3 is 11.7 Å². The molecule has 0 fully saturated rings. The molecule has 1 aromatic heterocycles. The van der Waals surface area contributed by atoms with E-state index in [1.807, 2.05) is 0 Å². The Bertz CT molecular complexity index is 710. The first-order chi connectivity index (χ1) is 9.52. The minimum absolute atomic E-state index is 0.0941. The first kappa shape index (κ1) is 14.0. The average molecular weight is 277 g/mol. The van der Waals surface area contributed by atoms with Crippen molar-refractivity contribution < 1.29 is 18.7 Å². The van der Waals surface area contributed by atoms with Crippen molar-refractivity contribution in [2.75, 3.05) is 6.61 Å². The number of ketones is 1. The second-order valence-electron chi connectivity index (χ2n) is 4.31. The summed E-state index contributed by atoms with van der Waals surface area (Å²) in [5.41, 5.74) is 1.37. The molecular weight excluding hydrogens is 262 g/mol. The molecule has 1 heterocycles. The lowest BCUT2D eigenvalue weighted by Gasteiger charge is -2.03. The Kier molecular flexibility index (Phi) is 4.02. The SMILES string of the molecule is CCOC(=O)CCn1c(=O)oc2cc(C(C)=O)ccc21. The number of oxazole rings is 1. The van der Waals surface area contributed by atoms with Crippen LogP contribution in [0.4, 0.5) is 0 Å². The van der Waals surface area contributed by atoms with Gasteiger partial charge in [0.15, 0.2) is 11.4 Å². The predicted molar refractivity (Wildman–Crippen MR) is 71.7 cm³/mol. The molecule has 1 aromatic carbocycles. The number of nitrogens with zero attached hydrogens (tertiary/aromatic N) is 1. The lowest BCUT2D eigenvalue weighted by molar-refractivity contribution is -0.143. The first-order valence-electron chi connectivity index (χ1n) is 6.33.